The van der Waals surface area contributed by atoms with E-state index in [0.29, 0.717) is 31.0 Å². The zero-order valence-electron chi connectivity index (χ0n) is 16.7. The third-order valence-electron chi connectivity index (χ3n) is 4.55. The number of rotatable bonds is 10. The van der Waals surface area contributed by atoms with Crippen molar-refractivity contribution in [2.45, 2.75) is 52.1 Å². The van der Waals surface area contributed by atoms with Crippen molar-refractivity contribution >= 4 is 23.4 Å². The monoisotopic (exact) mass is 400 g/mol. The zero-order chi connectivity index (χ0) is 20.4. The quantitative estimate of drug-likeness (QED) is 0.633. The van der Waals surface area contributed by atoms with Crippen LogP contribution >= 0.6 is 11.6 Å². The molecule has 0 aliphatic heterocycles. The lowest BCUT2D eigenvalue weighted by molar-refractivity contribution is -0.141. The fourth-order valence-electron chi connectivity index (χ4n) is 3.06. The van der Waals surface area contributed by atoms with Gasteiger partial charge >= 0.3 is 0 Å². The lowest BCUT2D eigenvalue weighted by Crippen LogP contribution is -2.50. The summed E-state index contributed by atoms with van der Waals surface area (Å²) in [6, 6.07) is 16.7. The Bertz CT molecular complexity index is 747. The summed E-state index contributed by atoms with van der Waals surface area (Å²) in [5, 5.41) is 3.62. The molecule has 28 heavy (non-hydrogen) atoms. The van der Waals surface area contributed by atoms with Crippen LogP contribution in [0.4, 0.5) is 0 Å². The highest BCUT2D eigenvalue weighted by molar-refractivity contribution is 6.30. The largest absolute Gasteiger partial charge is 0.354 e. The van der Waals surface area contributed by atoms with Gasteiger partial charge < -0.3 is 10.2 Å². The Hall–Kier alpha value is -2.33. The molecule has 2 amide bonds. The molecule has 0 saturated carbocycles. The molecule has 4 nitrogen and oxygen atoms in total. The number of halogens is 1. The maximum absolute atomic E-state index is 13.0. The van der Waals surface area contributed by atoms with Crippen LogP contribution in [0.15, 0.2) is 54.6 Å². The fourth-order valence-corrected chi connectivity index (χ4v) is 3.19. The van der Waals surface area contributed by atoms with Crippen LogP contribution in [0.5, 0.6) is 0 Å². The third-order valence-corrected chi connectivity index (χ3v) is 4.80. The van der Waals surface area contributed by atoms with Gasteiger partial charge in [0.15, 0.2) is 0 Å². The van der Waals surface area contributed by atoms with Gasteiger partial charge in [-0.05, 0) is 36.1 Å². The van der Waals surface area contributed by atoms with Crippen LogP contribution in [-0.2, 0) is 22.6 Å². The van der Waals surface area contributed by atoms with Gasteiger partial charge in [0.2, 0.25) is 11.8 Å². The van der Waals surface area contributed by atoms with Crippen LogP contribution in [0.25, 0.3) is 0 Å². The van der Waals surface area contributed by atoms with Crippen LogP contribution in [0, 0.1) is 0 Å². The smallest absolute Gasteiger partial charge is 0.243 e. The molecule has 0 heterocycles. The van der Waals surface area contributed by atoms with Crippen LogP contribution < -0.4 is 5.32 Å². The average Bonchev–Trinajstić information content (AvgIpc) is 2.71. The van der Waals surface area contributed by atoms with E-state index in [0.717, 1.165) is 24.0 Å². The summed E-state index contributed by atoms with van der Waals surface area (Å²) >= 11 is 5.99. The van der Waals surface area contributed by atoms with Gasteiger partial charge in [0.25, 0.3) is 0 Å². The Morgan fingerprint density at radius 3 is 2.25 bits per heavy atom. The molecule has 2 aromatic rings. The zero-order valence-corrected chi connectivity index (χ0v) is 17.4. The number of carbonyl (C=O) groups is 2. The first-order chi connectivity index (χ1) is 13.5. The highest BCUT2D eigenvalue weighted by Crippen LogP contribution is 2.18. The summed E-state index contributed by atoms with van der Waals surface area (Å²) in [5.41, 5.74) is 1.99. The standard InChI is InChI=1S/C23H29ClN2O2/c1-3-8-22(27)26(17-19-11-13-20(24)14-12-19)21(23(28)25-15-4-2)16-18-9-6-5-7-10-18/h5-7,9-14,21H,3-4,8,15-17H2,1-2H3,(H,25,28)/t21-/m1/s1. The number of amides is 2. The van der Waals surface area contributed by atoms with Crippen molar-refractivity contribution in [3.63, 3.8) is 0 Å². The van der Waals surface area contributed by atoms with Crippen molar-refractivity contribution in [2.24, 2.45) is 0 Å². The molecular weight excluding hydrogens is 372 g/mol. The van der Waals surface area contributed by atoms with E-state index in [2.05, 4.69) is 5.32 Å². The molecule has 0 aliphatic rings. The highest BCUT2D eigenvalue weighted by atomic mass is 35.5. The number of benzene rings is 2. The van der Waals surface area contributed by atoms with E-state index >= 15 is 0 Å². The number of nitrogens with zero attached hydrogens (tertiary/aromatic N) is 1. The van der Waals surface area contributed by atoms with Gasteiger partial charge in [-0.15, -0.1) is 0 Å². The topological polar surface area (TPSA) is 49.4 Å². The Labute approximate surface area is 172 Å². The van der Waals surface area contributed by atoms with Gasteiger partial charge in [-0.1, -0.05) is 67.9 Å². The van der Waals surface area contributed by atoms with Crippen molar-refractivity contribution in [1.29, 1.82) is 0 Å². The fraction of sp³-hybridized carbons (Fsp3) is 0.391. The van der Waals surface area contributed by atoms with Crippen LogP contribution in [-0.4, -0.2) is 29.3 Å². The molecule has 0 aliphatic carbocycles. The van der Waals surface area contributed by atoms with E-state index in [4.69, 9.17) is 11.6 Å². The van der Waals surface area contributed by atoms with Gasteiger partial charge in [0.05, 0.1) is 0 Å². The number of nitrogens with one attached hydrogen (secondary N) is 1. The molecule has 5 heteroatoms. The average molecular weight is 401 g/mol. The molecule has 0 fully saturated rings. The van der Waals surface area contributed by atoms with Crippen molar-refractivity contribution in [3.05, 3.63) is 70.7 Å². The Balaban J connectivity index is 2.32. The second kappa shape index (κ2) is 11.5. The van der Waals surface area contributed by atoms with Gasteiger partial charge in [0, 0.05) is 31.0 Å². The molecule has 2 rings (SSSR count). The van der Waals surface area contributed by atoms with Crippen molar-refractivity contribution in [3.8, 4) is 0 Å². The molecule has 0 unspecified atom stereocenters. The summed E-state index contributed by atoms with van der Waals surface area (Å²) in [7, 11) is 0. The van der Waals surface area contributed by atoms with Crippen molar-refractivity contribution < 1.29 is 9.59 Å². The lowest BCUT2D eigenvalue weighted by Gasteiger charge is -2.31. The first-order valence-corrected chi connectivity index (χ1v) is 10.3. The minimum Gasteiger partial charge on any atom is -0.354 e. The second-order valence-corrected chi connectivity index (χ2v) is 7.33. The van der Waals surface area contributed by atoms with Gasteiger partial charge in [-0.25, -0.2) is 0 Å². The first kappa shape index (κ1) is 22.0. The van der Waals surface area contributed by atoms with Gasteiger partial charge in [0.1, 0.15) is 6.04 Å². The number of hydrogen-bond donors (Lipinski definition) is 1. The molecule has 0 bridgehead atoms. The van der Waals surface area contributed by atoms with Crippen LogP contribution in [0.2, 0.25) is 5.02 Å². The molecule has 0 radical (unpaired) electrons. The molecular formula is C23H29ClN2O2. The molecule has 1 N–H and O–H groups in total. The third kappa shape index (κ3) is 6.68. The van der Waals surface area contributed by atoms with E-state index < -0.39 is 6.04 Å². The van der Waals surface area contributed by atoms with E-state index in [1.807, 2.05) is 68.4 Å². The van der Waals surface area contributed by atoms with Crippen molar-refractivity contribution in [2.75, 3.05) is 6.54 Å². The second-order valence-electron chi connectivity index (χ2n) is 6.89. The summed E-state index contributed by atoms with van der Waals surface area (Å²) in [6.07, 6.45) is 2.49. The number of carbonyl (C=O) groups excluding carboxylic acids is 2. The first-order valence-electron chi connectivity index (χ1n) is 9.90. The summed E-state index contributed by atoms with van der Waals surface area (Å²) in [4.78, 5) is 27.6. The Kier molecular flexibility index (Phi) is 9.02. The number of hydrogen-bond acceptors (Lipinski definition) is 2. The van der Waals surface area contributed by atoms with E-state index in [1.165, 1.54) is 0 Å². The van der Waals surface area contributed by atoms with Crippen LogP contribution in [0.1, 0.15) is 44.2 Å². The summed E-state index contributed by atoms with van der Waals surface area (Å²) in [6.45, 7) is 4.97. The van der Waals surface area contributed by atoms with Gasteiger partial charge in [-0.3, -0.25) is 9.59 Å². The molecule has 0 aromatic heterocycles. The van der Waals surface area contributed by atoms with Crippen molar-refractivity contribution in [1.82, 2.24) is 10.2 Å². The van der Waals surface area contributed by atoms with Crippen LogP contribution in [0.3, 0.4) is 0 Å². The lowest BCUT2D eigenvalue weighted by atomic mass is 10.0. The molecule has 0 saturated heterocycles. The molecule has 0 spiro atoms. The normalized spacial score (nSPS) is 11.7. The predicted octanol–water partition coefficient (Wildman–Crippen LogP) is 4.61. The van der Waals surface area contributed by atoms with E-state index in [-0.39, 0.29) is 11.8 Å². The Morgan fingerprint density at radius 2 is 1.64 bits per heavy atom. The predicted molar refractivity (Wildman–Crippen MR) is 114 cm³/mol. The summed E-state index contributed by atoms with van der Waals surface area (Å²) < 4.78 is 0. The molecule has 2 aromatic carbocycles. The van der Waals surface area contributed by atoms with Gasteiger partial charge in [-0.2, -0.15) is 0 Å². The van der Waals surface area contributed by atoms with E-state index in [9.17, 15) is 9.59 Å². The summed E-state index contributed by atoms with van der Waals surface area (Å²) in [5.74, 6) is -0.117. The minimum atomic E-state index is -0.552. The Morgan fingerprint density at radius 1 is 0.964 bits per heavy atom. The highest BCUT2D eigenvalue weighted by Gasteiger charge is 2.29. The maximum Gasteiger partial charge on any atom is 0.243 e. The maximum atomic E-state index is 13.0. The molecule has 1 atom stereocenters. The minimum absolute atomic E-state index is 0.00923. The SMILES string of the molecule is CCCNC(=O)[C@@H](Cc1ccccc1)N(Cc1ccc(Cl)cc1)C(=O)CCC. The molecule has 150 valence electrons. The van der Waals surface area contributed by atoms with E-state index in [1.54, 1.807) is 4.90 Å².